The second-order valence-corrected chi connectivity index (χ2v) is 9.60. The standard InChI is InChI=1S/C25H29FN4O3S/c1-16(24(31)27-19-12-10-18(26)11-13-19)34-25-29-28-23(30(25)20-7-5-4-6-8-20)17-9-14-21(32-2)22(15-17)33-3/h9-16,20H,4-8H2,1-3H3,(H,27,31). The third-order valence-electron chi connectivity index (χ3n) is 6.01. The van der Waals surface area contributed by atoms with Crippen molar-refractivity contribution >= 4 is 23.4 Å². The Morgan fingerprint density at radius 2 is 1.76 bits per heavy atom. The van der Waals surface area contributed by atoms with E-state index in [1.54, 1.807) is 26.4 Å². The number of rotatable bonds is 8. The smallest absolute Gasteiger partial charge is 0.237 e. The van der Waals surface area contributed by atoms with E-state index in [9.17, 15) is 9.18 Å². The summed E-state index contributed by atoms with van der Waals surface area (Å²) in [5.74, 6) is 1.50. The molecule has 0 bridgehead atoms. The summed E-state index contributed by atoms with van der Waals surface area (Å²) in [5, 5.41) is 12.1. The van der Waals surface area contributed by atoms with E-state index in [0.717, 1.165) is 37.1 Å². The lowest BCUT2D eigenvalue weighted by molar-refractivity contribution is -0.115. The Hall–Kier alpha value is -3.07. The van der Waals surface area contributed by atoms with Crippen LogP contribution in [0.1, 0.15) is 45.1 Å². The van der Waals surface area contributed by atoms with Crippen LogP contribution in [0, 0.1) is 5.82 Å². The van der Waals surface area contributed by atoms with Crippen LogP contribution in [0.3, 0.4) is 0 Å². The minimum Gasteiger partial charge on any atom is -0.493 e. The summed E-state index contributed by atoms with van der Waals surface area (Å²) in [4.78, 5) is 12.8. The van der Waals surface area contributed by atoms with Crippen molar-refractivity contribution in [2.45, 2.75) is 55.5 Å². The van der Waals surface area contributed by atoms with Gasteiger partial charge in [-0.05, 0) is 62.2 Å². The van der Waals surface area contributed by atoms with Crippen molar-refractivity contribution in [1.29, 1.82) is 0 Å². The average molecular weight is 485 g/mol. The van der Waals surface area contributed by atoms with E-state index in [2.05, 4.69) is 20.1 Å². The number of benzene rings is 2. The SMILES string of the molecule is COc1ccc(-c2nnc(SC(C)C(=O)Nc3ccc(F)cc3)n2C2CCCCC2)cc1OC. The van der Waals surface area contributed by atoms with Crippen LogP contribution in [0.4, 0.5) is 10.1 Å². The van der Waals surface area contributed by atoms with Gasteiger partial charge in [-0.1, -0.05) is 31.0 Å². The van der Waals surface area contributed by atoms with Crippen LogP contribution in [0.5, 0.6) is 11.5 Å². The van der Waals surface area contributed by atoms with Crippen molar-refractivity contribution in [2.75, 3.05) is 19.5 Å². The van der Waals surface area contributed by atoms with Gasteiger partial charge in [0.2, 0.25) is 5.91 Å². The number of anilines is 1. The first-order valence-electron chi connectivity index (χ1n) is 11.4. The van der Waals surface area contributed by atoms with E-state index < -0.39 is 5.25 Å². The molecule has 0 aliphatic heterocycles. The van der Waals surface area contributed by atoms with Gasteiger partial charge in [0.15, 0.2) is 22.5 Å². The number of aromatic nitrogens is 3. The Morgan fingerprint density at radius 3 is 2.44 bits per heavy atom. The van der Waals surface area contributed by atoms with Crippen LogP contribution >= 0.6 is 11.8 Å². The molecule has 1 aromatic heterocycles. The average Bonchev–Trinajstić information content (AvgIpc) is 3.28. The minimum atomic E-state index is -0.421. The highest BCUT2D eigenvalue weighted by atomic mass is 32.2. The highest BCUT2D eigenvalue weighted by Gasteiger charge is 2.27. The molecule has 1 saturated carbocycles. The highest BCUT2D eigenvalue weighted by molar-refractivity contribution is 8.00. The lowest BCUT2D eigenvalue weighted by Gasteiger charge is -2.26. The number of amides is 1. The first kappa shape index (κ1) is 24.1. The lowest BCUT2D eigenvalue weighted by Crippen LogP contribution is -2.23. The summed E-state index contributed by atoms with van der Waals surface area (Å²) in [6.45, 7) is 1.83. The van der Waals surface area contributed by atoms with Gasteiger partial charge >= 0.3 is 0 Å². The molecule has 4 rings (SSSR count). The molecule has 1 amide bonds. The van der Waals surface area contributed by atoms with Gasteiger partial charge in [0, 0.05) is 17.3 Å². The monoisotopic (exact) mass is 484 g/mol. The van der Waals surface area contributed by atoms with Crippen LogP contribution in [-0.2, 0) is 4.79 Å². The maximum atomic E-state index is 13.2. The number of methoxy groups -OCH3 is 2. The number of carbonyl (C=O) groups excluding carboxylic acids is 1. The fourth-order valence-corrected chi connectivity index (χ4v) is 5.11. The quantitative estimate of drug-likeness (QED) is 0.412. The number of halogens is 1. The zero-order valence-electron chi connectivity index (χ0n) is 19.6. The normalized spacial score (nSPS) is 15.1. The van der Waals surface area contributed by atoms with E-state index in [1.807, 2.05) is 25.1 Å². The number of nitrogens with one attached hydrogen (secondary N) is 1. The predicted molar refractivity (Wildman–Crippen MR) is 131 cm³/mol. The fraction of sp³-hybridized carbons (Fsp3) is 0.400. The molecule has 7 nitrogen and oxygen atoms in total. The van der Waals surface area contributed by atoms with Gasteiger partial charge in [0.25, 0.3) is 0 Å². The number of nitrogens with zero attached hydrogens (tertiary/aromatic N) is 3. The molecule has 0 spiro atoms. The lowest BCUT2D eigenvalue weighted by atomic mass is 9.95. The molecule has 1 atom stereocenters. The molecular weight excluding hydrogens is 455 g/mol. The molecule has 180 valence electrons. The molecule has 3 aromatic rings. The molecule has 1 aliphatic carbocycles. The second kappa shape index (κ2) is 10.9. The van der Waals surface area contributed by atoms with Crippen molar-refractivity contribution in [3.8, 4) is 22.9 Å². The van der Waals surface area contributed by atoms with Crippen LogP contribution in [0.25, 0.3) is 11.4 Å². The largest absolute Gasteiger partial charge is 0.493 e. The van der Waals surface area contributed by atoms with Crippen LogP contribution < -0.4 is 14.8 Å². The van der Waals surface area contributed by atoms with Gasteiger partial charge in [-0.3, -0.25) is 9.36 Å². The number of hydrogen-bond acceptors (Lipinski definition) is 6. The summed E-state index contributed by atoms with van der Waals surface area (Å²) in [6.07, 6.45) is 5.62. The van der Waals surface area contributed by atoms with Crippen molar-refractivity contribution in [3.05, 3.63) is 48.3 Å². The number of carbonyl (C=O) groups is 1. The maximum absolute atomic E-state index is 13.2. The molecule has 0 radical (unpaired) electrons. The highest BCUT2D eigenvalue weighted by Crippen LogP contribution is 2.38. The van der Waals surface area contributed by atoms with Gasteiger partial charge in [0.1, 0.15) is 5.82 Å². The fourth-order valence-electron chi connectivity index (χ4n) is 4.19. The van der Waals surface area contributed by atoms with Gasteiger partial charge in [0.05, 0.1) is 19.5 Å². The topological polar surface area (TPSA) is 78.3 Å². The molecule has 1 N–H and O–H groups in total. The Balaban J connectivity index is 1.61. The van der Waals surface area contributed by atoms with E-state index in [1.165, 1.54) is 30.3 Å². The van der Waals surface area contributed by atoms with Crippen molar-refractivity contribution in [1.82, 2.24) is 14.8 Å². The molecule has 1 heterocycles. The molecule has 0 saturated heterocycles. The van der Waals surface area contributed by atoms with Gasteiger partial charge in [-0.25, -0.2) is 4.39 Å². The summed E-state index contributed by atoms with van der Waals surface area (Å²) in [7, 11) is 3.21. The first-order valence-corrected chi connectivity index (χ1v) is 12.3. The van der Waals surface area contributed by atoms with Crippen LogP contribution in [0.15, 0.2) is 47.6 Å². The third kappa shape index (κ3) is 5.35. The van der Waals surface area contributed by atoms with E-state index in [0.29, 0.717) is 22.3 Å². The molecule has 9 heteroatoms. The summed E-state index contributed by atoms with van der Waals surface area (Å²) in [5.41, 5.74) is 1.43. The minimum absolute atomic E-state index is 0.178. The summed E-state index contributed by atoms with van der Waals surface area (Å²) in [6, 6.07) is 11.7. The first-order chi connectivity index (χ1) is 16.5. The predicted octanol–water partition coefficient (Wildman–Crippen LogP) is 5.73. The van der Waals surface area contributed by atoms with Crippen LogP contribution in [-0.4, -0.2) is 40.1 Å². The molecular formula is C25H29FN4O3S. The Kier molecular flexibility index (Phi) is 7.72. The van der Waals surface area contributed by atoms with Gasteiger partial charge < -0.3 is 14.8 Å². The third-order valence-corrected chi connectivity index (χ3v) is 7.07. The second-order valence-electron chi connectivity index (χ2n) is 8.29. The zero-order valence-corrected chi connectivity index (χ0v) is 20.4. The molecule has 2 aromatic carbocycles. The Bertz CT molecular complexity index is 1130. The van der Waals surface area contributed by atoms with Crippen molar-refractivity contribution in [3.63, 3.8) is 0 Å². The van der Waals surface area contributed by atoms with Gasteiger partial charge in [-0.2, -0.15) is 0 Å². The Morgan fingerprint density at radius 1 is 1.06 bits per heavy atom. The maximum Gasteiger partial charge on any atom is 0.237 e. The van der Waals surface area contributed by atoms with E-state index in [4.69, 9.17) is 9.47 Å². The van der Waals surface area contributed by atoms with E-state index >= 15 is 0 Å². The molecule has 1 fully saturated rings. The van der Waals surface area contributed by atoms with E-state index in [-0.39, 0.29) is 17.8 Å². The van der Waals surface area contributed by atoms with Crippen LogP contribution in [0.2, 0.25) is 0 Å². The zero-order chi connectivity index (χ0) is 24.1. The summed E-state index contributed by atoms with van der Waals surface area (Å²) >= 11 is 1.37. The number of ether oxygens (including phenoxy) is 2. The molecule has 1 aliphatic rings. The molecule has 1 unspecified atom stereocenters. The number of hydrogen-bond donors (Lipinski definition) is 1. The van der Waals surface area contributed by atoms with Gasteiger partial charge in [-0.15, -0.1) is 10.2 Å². The number of thioether (sulfide) groups is 1. The van der Waals surface area contributed by atoms with Crippen molar-refractivity contribution < 1.29 is 18.7 Å². The summed E-state index contributed by atoms with van der Waals surface area (Å²) < 4.78 is 26.2. The molecule has 34 heavy (non-hydrogen) atoms. The van der Waals surface area contributed by atoms with Crippen molar-refractivity contribution in [2.24, 2.45) is 0 Å². The Labute approximate surface area is 203 Å².